The van der Waals surface area contributed by atoms with Crippen LogP contribution in [0.2, 0.25) is 0 Å². The number of guanidine groups is 1. The number of likely N-dealkylation sites (N-methyl/N-ethyl adjacent to an activating group) is 1. The molecule has 164 valence electrons. The number of anilines is 1. The van der Waals surface area contributed by atoms with Gasteiger partial charge in [0.2, 0.25) is 0 Å². The molecule has 0 amide bonds. The van der Waals surface area contributed by atoms with Crippen LogP contribution in [0.25, 0.3) is 0 Å². The van der Waals surface area contributed by atoms with Crippen molar-refractivity contribution in [2.24, 2.45) is 10.9 Å². The molecule has 2 unspecified atom stereocenters. The predicted molar refractivity (Wildman–Crippen MR) is 128 cm³/mol. The van der Waals surface area contributed by atoms with Crippen molar-refractivity contribution in [2.75, 3.05) is 71.4 Å². The zero-order chi connectivity index (χ0) is 19.9. The van der Waals surface area contributed by atoms with Crippen LogP contribution in [0.15, 0.2) is 23.3 Å². The minimum atomic E-state index is -0.261. The normalized spacial score (nSPS) is 22.3. The second-order valence-electron chi connectivity index (χ2n) is 8.05. The molecule has 2 fully saturated rings. The Kier molecular flexibility index (Phi) is 9.84. The van der Waals surface area contributed by atoms with E-state index in [0.29, 0.717) is 11.7 Å². The fourth-order valence-electron chi connectivity index (χ4n) is 3.88. The van der Waals surface area contributed by atoms with Crippen LogP contribution in [0.3, 0.4) is 0 Å². The molecule has 2 N–H and O–H groups in total. The number of aromatic nitrogens is 1. The third-order valence-corrected chi connectivity index (χ3v) is 5.58. The van der Waals surface area contributed by atoms with Crippen LogP contribution in [-0.4, -0.2) is 93.2 Å². The van der Waals surface area contributed by atoms with Gasteiger partial charge in [-0.25, -0.2) is 9.37 Å². The molecule has 0 spiro atoms. The van der Waals surface area contributed by atoms with Gasteiger partial charge in [-0.2, -0.15) is 0 Å². The molecule has 29 heavy (non-hydrogen) atoms. The monoisotopic (exact) mass is 519 g/mol. The first-order valence-corrected chi connectivity index (χ1v) is 10.3. The number of halogens is 2. The molecule has 1 aromatic rings. The molecule has 2 aliphatic rings. The lowest BCUT2D eigenvalue weighted by Gasteiger charge is -2.34. The fraction of sp³-hybridized carbons (Fsp3) is 0.700. The molecule has 0 aromatic carbocycles. The second-order valence-corrected chi connectivity index (χ2v) is 8.05. The van der Waals surface area contributed by atoms with Gasteiger partial charge in [0, 0.05) is 71.6 Å². The molecule has 3 rings (SSSR count). The summed E-state index contributed by atoms with van der Waals surface area (Å²) in [5.74, 6) is 1.54. The van der Waals surface area contributed by atoms with Gasteiger partial charge in [0.05, 0.1) is 0 Å². The average Bonchev–Trinajstić information content (AvgIpc) is 3.15. The Balaban J connectivity index is 0.00000300. The van der Waals surface area contributed by atoms with E-state index >= 15 is 0 Å². The quantitative estimate of drug-likeness (QED) is 0.338. The number of pyridine rings is 1. The molecule has 9 heteroatoms. The van der Waals surface area contributed by atoms with Crippen LogP contribution in [-0.2, 0) is 0 Å². The molecule has 7 nitrogen and oxygen atoms in total. The summed E-state index contributed by atoms with van der Waals surface area (Å²) in [5.41, 5.74) is 0. The standard InChI is InChI=1S/C20H34FN7.HI/c1-16(14-27-11-9-26(3)10-12-27)13-24-20(22-2)25-17-6-8-28(15-17)19-18(21)5-4-7-23-19;/h4-5,7,16-17H,6,8-15H2,1-3H3,(H2,22,24,25);1H. The van der Waals surface area contributed by atoms with Crippen LogP contribution in [0.1, 0.15) is 13.3 Å². The Bertz CT molecular complexity index is 651. The van der Waals surface area contributed by atoms with Crippen molar-refractivity contribution < 1.29 is 4.39 Å². The van der Waals surface area contributed by atoms with Crippen molar-refractivity contribution in [1.82, 2.24) is 25.4 Å². The van der Waals surface area contributed by atoms with Crippen molar-refractivity contribution in [1.29, 1.82) is 0 Å². The lowest BCUT2D eigenvalue weighted by atomic mass is 10.1. The highest BCUT2D eigenvalue weighted by Gasteiger charge is 2.26. The van der Waals surface area contributed by atoms with Gasteiger partial charge >= 0.3 is 0 Å². The van der Waals surface area contributed by atoms with Gasteiger partial charge in [-0.05, 0) is 31.5 Å². The maximum absolute atomic E-state index is 14.0. The number of piperazine rings is 1. The molecule has 3 heterocycles. The van der Waals surface area contributed by atoms with Gasteiger partial charge in [0.15, 0.2) is 17.6 Å². The van der Waals surface area contributed by atoms with Crippen LogP contribution in [0, 0.1) is 11.7 Å². The number of aliphatic imine (C=N–C) groups is 1. The first-order chi connectivity index (χ1) is 13.5. The Hall–Kier alpha value is -1.20. The van der Waals surface area contributed by atoms with Crippen LogP contribution in [0.4, 0.5) is 10.2 Å². The Morgan fingerprint density at radius 3 is 2.76 bits per heavy atom. The number of nitrogens with zero attached hydrogens (tertiary/aromatic N) is 5. The summed E-state index contributed by atoms with van der Waals surface area (Å²) in [4.78, 5) is 15.5. The summed E-state index contributed by atoms with van der Waals surface area (Å²) in [6.07, 6.45) is 2.58. The molecule has 0 saturated carbocycles. The highest BCUT2D eigenvalue weighted by Crippen LogP contribution is 2.20. The largest absolute Gasteiger partial charge is 0.356 e. The molecule has 0 bridgehead atoms. The summed E-state index contributed by atoms with van der Waals surface area (Å²) in [5, 5.41) is 6.93. The SMILES string of the molecule is CN=C(NCC(C)CN1CCN(C)CC1)NC1CCN(c2ncccc2F)C1.I. The van der Waals surface area contributed by atoms with Crippen molar-refractivity contribution in [2.45, 2.75) is 19.4 Å². The van der Waals surface area contributed by atoms with Crippen molar-refractivity contribution in [3.63, 3.8) is 0 Å². The lowest BCUT2D eigenvalue weighted by Crippen LogP contribution is -2.49. The van der Waals surface area contributed by atoms with Crippen LogP contribution >= 0.6 is 24.0 Å². The molecule has 2 aliphatic heterocycles. The zero-order valence-corrected chi connectivity index (χ0v) is 20.1. The highest BCUT2D eigenvalue weighted by molar-refractivity contribution is 14.0. The topological polar surface area (TPSA) is 59.0 Å². The third-order valence-electron chi connectivity index (χ3n) is 5.58. The molecular formula is C20H35FIN7. The van der Waals surface area contributed by atoms with Gasteiger partial charge < -0.3 is 25.3 Å². The molecule has 0 radical (unpaired) electrons. The summed E-state index contributed by atoms with van der Waals surface area (Å²) in [6.45, 7) is 10.4. The molecular weight excluding hydrogens is 484 g/mol. The van der Waals surface area contributed by atoms with Crippen LogP contribution in [0.5, 0.6) is 0 Å². The zero-order valence-electron chi connectivity index (χ0n) is 17.8. The van der Waals surface area contributed by atoms with Gasteiger partial charge in [0.25, 0.3) is 0 Å². The maximum Gasteiger partial charge on any atom is 0.191 e. The Morgan fingerprint density at radius 1 is 1.31 bits per heavy atom. The summed E-state index contributed by atoms with van der Waals surface area (Å²) in [6, 6.07) is 3.32. The Labute approximate surface area is 191 Å². The number of rotatable bonds is 6. The van der Waals surface area contributed by atoms with E-state index in [1.807, 2.05) is 4.90 Å². The maximum atomic E-state index is 14.0. The summed E-state index contributed by atoms with van der Waals surface area (Å²) >= 11 is 0. The first kappa shape index (κ1) is 24.1. The smallest absolute Gasteiger partial charge is 0.191 e. The third kappa shape index (κ3) is 7.21. The summed E-state index contributed by atoms with van der Waals surface area (Å²) < 4.78 is 14.0. The van der Waals surface area contributed by atoms with Crippen LogP contribution < -0.4 is 15.5 Å². The van der Waals surface area contributed by atoms with Gasteiger partial charge in [-0.3, -0.25) is 4.99 Å². The second kappa shape index (κ2) is 11.8. The minimum absolute atomic E-state index is 0. The number of hydrogen-bond donors (Lipinski definition) is 2. The van der Waals surface area contributed by atoms with Crippen molar-refractivity contribution in [3.05, 3.63) is 24.1 Å². The molecule has 1 aromatic heterocycles. The lowest BCUT2D eigenvalue weighted by molar-refractivity contribution is 0.139. The predicted octanol–water partition coefficient (Wildman–Crippen LogP) is 1.47. The van der Waals surface area contributed by atoms with E-state index in [1.165, 1.54) is 6.07 Å². The number of nitrogens with one attached hydrogen (secondary N) is 2. The van der Waals surface area contributed by atoms with E-state index < -0.39 is 0 Å². The van der Waals surface area contributed by atoms with E-state index in [-0.39, 0.29) is 35.8 Å². The first-order valence-electron chi connectivity index (χ1n) is 10.3. The van der Waals surface area contributed by atoms with Gasteiger partial charge in [-0.15, -0.1) is 24.0 Å². The highest BCUT2D eigenvalue weighted by atomic mass is 127. The molecule has 2 saturated heterocycles. The van der Waals surface area contributed by atoms with E-state index in [1.54, 1.807) is 19.3 Å². The summed E-state index contributed by atoms with van der Waals surface area (Å²) in [7, 11) is 3.98. The van der Waals surface area contributed by atoms with E-state index in [9.17, 15) is 4.39 Å². The van der Waals surface area contributed by atoms with Crippen molar-refractivity contribution >= 4 is 35.8 Å². The van der Waals surface area contributed by atoms with Crippen molar-refractivity contribution in [3.8, 4) is 0 Å². The fourth-order valence-corrected chi connectivity index (χ4v) is 3.88. The van der Waals surface area contributed by atoms with E-state index in [4.69, 9.17) is 0 Å². The molecule has 0 aliphatic carbocycles. The van der Waals surface area contributed by atoms with E-state index in [0.717, 1.165) is 64.7 Å². The van der Waals surface area contributed by atoms with E-state index in [2.05, 4.69) is 44.4 Å². The average molecular weight is 519 g/mol. The van der Waals surface area contributed by atoms with Gasteiger partial charge in [0.1, 0.15) is 0 Å². The number of hydrogen-bond acceptors (Lipinski definition) is 5. The minimum Gasteiger partial charge on any atom is -0.356 e. The molecule has 2 atom stereocenters. The Morgan fingerprint density at radius 2 is 2.07 bits per heavy atom. The van der Waals surface area contributed by atoms with Gasteiger partial charge in [-0.1, -0.05) is 6.92 Å².